The molecule has 35 heavy (non-hydrogen) atoms. The first-order valence-corrected chi connectivity index (χ1v) is 11.3. The van der Waals surface area contributed by atoms with Crippen LogP contribution in [0.3, 0.4) is 0 Å². The molecule has 1 saturated heterocycles. The van der Waals surface area contributed by atoms with Crippen LogP contribution in [-0.4, -0.2) is 39.6 Å². The zero-order valence-corrected chi connectivity index (χ0v) is 19.7. The van der Waals surface area contributed by atoms with Gasteiger partial charge in [0.25, 0.3) is 11.1 Å². The minimum Gasteiger partial charge on any atom is -0.478 e. The van der Waals surface area contributed by atoms with Gasteiger partial charge in [-0.3, -0.25) is 19.3 Å². The molecule has 0 unspecified atom stereocenters. The molecule has 1 aromatic heterocycles. The molecule has 3 amide bonds. The maximum atomic E-state index is 13.3. The molecule has 0 bridgehead atoms. The Hall–Kier alpha value is -3.60. The first kappa shape index (κ1) is 24.5. The predicted octanol–water partition coefficient (Wildman–Crippen LogP) is 5.77. The Kier molecular flexibility index (Phi) is 6.97. The summed E-state index contributed by atoms with van der Waals surface area (Å²) in [5.74, 6) is -2.64. The maximum Gasteiger partial charge on any atom is 0.337 e. The summed E-state index contributed by atoms with van der Waals surface area (Å²) in [4.78, 5) is 49.4. The van der Waals surface area contributed by atoms with Crippen LogP contribution in [0.15, 0.2) is 57.9 Å². The molecule has 0 saturated carbocycles. The highest BCUT2D eigenvalue weighted by Crippen LogP contribution is 2.34. The Morgan fingerprint density at radius 1 is 1.09 bits per heavy atom. The fourth-order valence-electron chi connectivity index (χ4n) is 3.11. The standard InChI is InChI=1S/C23H13Cl2FN2O6S/c24-15-4-1-11(7-14(15)22(31)32)18-6-3-13(34-18)9-19-21(30)28(23(33)35-19)10-20(29)27-12-2-5-17(26)16(25)8-12/h1-9H,10H2,(H,27,29)(H,31,32)/b19-9+. The van der Waals surface area contributed by atoms with E-state index in [0.29, 0.717) is 23.1 Å². The minimum atomic E-state index is -1.19. The van der Waals surface area contributed by atoms with Crippen molar-refractivity contribution >= 4 is 69.8 Å². The second kappa shape index (κ2) is 9.95. The summed E-state index contributed by atoms with van der Waals surface area (Å²) in [5.41, 5.74) is 0.571. The van der Waals surface area contributed by atoms with Gasteiger partial charge in [0.15, 0.2) is 0 Å². The Morgan fingerprint density at radius 3 is 2.57 bits per heavy atom. The van der Waals surface area contributed by atoms with Gasteiger partial charge in [-0.05, 0) is 60.3 Å². The van der Waals surface area contributed by atoms with E-state index in [9.17, 15) is 28.7 Å². The molecule has 2 aromatic carbocycles. The van der Waals surface area contributed by atoms with Crippen LogP contribution < -0.4 is 5.32 Å². The van der Waals surface area contributed by atoms with Crippen LogP contribution in [0.4, 0.5) is 14.9 Å². The summed E-state index contributed by atoms with van der Waals surface area (Å²) in [5, 5.41) is 10.9. The minimum absolute atomic E-state index is 0.0378. The predicted molar refractivity (Wildman–Crippen MR) is 129 cm³/mol. The summed E-state index contributed by atoms with van der Waals surface area (Å²) in [6.07, 6.45) is 1.35. The van der Waals surface area contributed by atoms with Gasteiger partial charge >= 0.3 is 5.97 Å². The number of benzene rings is 2. The smallest absolute Gasteiger partial charge is 0.337 e. The van der Waals surface area contributed by atoms with Crippen LogP contribution in [0.2, 0.25) is 10.0 Å². The van der Waals surface area contributed by atoms with Crippen molar-refractivity contribution in [3.63, 3.8) is 0 Å². The molecule has 0 radical (unpaired) electrons. The van der Waals surface area contributed by atoms with Gasteiger partial charge in [0.1, 0.15) is 23.9 Å². The summed E-state index contributed by atoms with van der Waals surface area (Å²) in [6.45, 7) is -0.552. The maximum absolute atomic E-state index is 13.3. The molecule has 1 aliphatic heterocycles. The van der Waals surface area contributed by atoms with Crippen LogP contribution in [-0.2, 0) is 9.59 Å². The molecule has 3 aromatic rings. The van der Waals surface area contributed by atoms with Gasteiger partial charge in [-0.2, -0.15) is 0 Å². The van der Waals surface area contributed by atoms with E-state index in [-0.39, 0.29) is 32.0 Å². The number of amides is 3. The van der Waals surface area contributed by atoms with Gasteiger partial charge in [0.2, 0.25) is 5.91 Å². The number of carboxylic acid groups (broad SMARTS) is 1. The fraction of sp³-hybridized carbons (Fsp3) is 0.0435. The molecule has 0 spiro atoms. The normalized spacial score (nSPS) is 14.6. The number of rotatable bonds is 6. The van der Waals surface area contributed by atoms with Crippen LogP contribution in [0.1, 0.15) is 16.1 Å². The van der Waals surface area contributed by atoms with E-state index in [2.05, 4.69) is 5.32 Å². The van der Waals surface area contributed by atoms with Crippen LogP contribution in [0.5, 0.6) is 0 Å². The van der Waals surface area contributed by atoms with Crippen LogP contribution in [0, 0.1) is 5.82 Å². The lowest BCUT2D eigenvalue weighted by molar-refractivity contribution is -0.127. The number of aromatic carboxylic acids is 1. The molecule has 178 valence electrons. The molecular formula is C23H13Cl2FN2O6S. The number of anilines is 1. The van der Waals surface area contributed by atoms with E-state index in [4.69, 9.17) is 27.6 Å². The first-order valence-electron chi connectivity index (χ1n) is 9.75. The number of imide groups is 1. The molecule has 0 atom stereocenters. The first-order chi connectivity index (χ1) is 16.6. The number of furan rings is 1. The molecule has 4 rings (SSSR count). The van der Waals surface area contributed by atoms with E-state index < -0.39 is 35.4 Å². The Bertz CT molecular complexity index is 1420. The summed E-state index contributed by atoms with van der Waals surface area (Å²) < 4.78 is 18.9. The molecule has 2 heterocycles. The number of carboxylic acids is 1. The monoisotopic (exact) mass is 534 g/mol. The van der Waals surface area contributed by atoms with Crippen molar-refractivity contribution in [2.75, 3.05) is 11.9 Å². The Morgan fingerprint density at radius 2 is 1.86 bits per heavy atom. The second-order valence-corrected chi connectivity index (χ2v) is 8.95. The number of hydrogen-bond donors (Lipinski definition) is 2. The Balaban J connectivity index is 1.47. The molecular weight excluding hydrogens is 522 g/mol. The zero-order valence-electron chi connectivity index (χ0n) is 17.4. The van der Waals surface area contributed by atoms with Crippen molar-refractivity contribution < 1.29 is 33.1 Å². The van der Waals surface area contributed by atoms with Gasteiger partial charge in [-0.15, -0.1) is 0 Å². The highest BCUT2D eigenvalue weighted by atomic mass is 35.5. The molecule has 2 N–H and O–H groups in total. The summed E-state index contributed by atoms with van der Waals surface area (Å²) in [7, 11) is 0. The van der Waals surface area contributed by atoms with E-state index in [1.807, 2.05) is 0 Å². The van der Waals surface area contributed by atoms with Crippen LogP contribution in [0.25, 0.3) is 17.4 Å². The third kappa shape index (κ3) is 5.40. The number of carbonyl (C=O) groups excluding carboxylic acids is 3. The number of nitrogens with zero attached hydrogens (tertiary/aromatic N) is 1. The van der Waals surface area contributed by atoms with E-state index in [0.717, 1.165) is 11.0 Å². The molecule has 1 fully saturated rings. The molecule has 1 aliphatic rings. The highest BCUT2D eigenvalue weighted by Gasteiger charge is 2.36. The number of nitrogens with one attached hydrogen (secondary N) is 1. The average molecular weight is 535 g/mol. The zero-order chi connectivity index (χ0) is 25.3. The lowest BCUT2D eigenvalue weighted by atomic mass is 10.1. The topological polar surface area (TPSA) is 117 Å². The van der Waals surface area contributed by atoms with Gasteiger partial charge in [0.05, 0.1) is 20.5 Å². The van der Waals surface area contributed by atoms with E-state index in [1.165, 1.54) is 30.3 Å². The third-order valence-electron chi connectivity index (χ3n) is 4.76. The number of carbonyl (C=O) groups is 4. The average Bonchev–Trinajstić information content (AvgIpc) is 3.37. The van der Waals surface area contributed by atoms with Crippen molar-refractivity contribution in [1.82, 2.24) is 4.90 Å². The number of thioether (sulfide) groups is 1. The van der Waals surface area contributed by atoms with Crippen molar-refractivity contribution in [2.24, 2.45) is 0 Å². The van der Waals surface area contributed by atoms with Crippen LogP contribution >= 0.6 is 35.0 Å². The molecule has 12 heteroatoms. The Labute approximate surface area is 211 Å². The lowest BCUT2D eigenvalue weighted by Gasteiger charge is -2.12. The molecule has 8 nitrogen and oxygen atoms in total. The number of halogens is 3. The van der Waals surface area contributed by atoms with Gasteiger partial charge in [-0.25, -0.2) is 9.18 Å². The largest absolute Gasteiger partial charge is 0.478 e. The van der Waals surface area contributed by atoms with Crippen molar-refractivity contribution in [3.8, 4) is 11.3 Å². The van der Waals surface area contributed by atoms with E-state index in [1.54, 1.807) is 18.2 Å². The second-order valence-electron chi connectivity index (χ2n) is 7.15. The third-order valence-corrected chi connectivity index (χ3v) is 6.29. The lowest BCUT2D eigenvalue weighted by Crippen LogP contribution is -2.36. The van der Waals surface area contributed by atoms with Crippen molar-refractivity contribution in [1.29, 1.82) is 0 Å². The molecule has 0 aliphatic carbocycles. The SMILES string of the molecule is O=C(CN1C(=O)S/C(=C/c2ccc(-c3ccc(Cl)c(C(=O)O)c3)o2)C1=O)Nc1ccc(F)c(Cl)c1. The fourth-order valence-corrected chi connectivity index (χ4v) is 4.31. The van der Waals surface area contributed by atoms with E-state index >= 15 is 0 Å². The van der Waals surface area contributed by atoms with Crippen molar-refractivity contribution in [3.05, 3.63) is 80.6 Å². The van der Waals surface area contributed by atoms with Crippen molar-refractivity contribution in [2.45, 2.75) is 0 Å². The quantitative estimate of drug-likeness (QED) is 0.385. The highest BCUT2D eigenvalue weighted by molar-refractivity contribution is 8.18. The van der Waals surface area contributed by atoms with Gasteiger partial charge < -0.3 is 14.8 Å². The summed E-state index contributed by atoms with van der Waals surface area (Å²) in [6, 6.07) is 11.1. The summed E-state index contributed by atoms with van der Waals surface area (Å²) >= 11 is 12.2. The van der Waals surface area contributed by atoms with Gasteiger partial charge in [0, 0.05) is 17.3 Å². The number of hydrogen-bond acceptors (Lipinski definition) is 6. The van der Waals surface area contributed by atoms with Gasteiger partial charge in [-0.1, -0.05) is 23.2 Å².